The number of carbonyl (C=O) groups excluding carboxylic acids is 1. The monoisotopic (exact) mass is 351 g/mol. The van der Waals surface area contributed by atoms with Crippen molar-refractivity contribution in [2.75, 3.05) is 19.3 Å². The summed E-state index contributed by atoms with van der Waals surface area (Å²) in [5, 5.41) is -0.450. The molecule has 0 unspecified atom stereocenters. The van der Waals surface area contributed by atoms with Crippen LogP contribution in [0.5, 0.6) is 5.75 Å². The van der Waals surface area contributed by atoms with Crippen LogP contribution in [0.15, 0.2) is 24.3 Å². The number of carbonyl (C=O) groups is 1. The molecule has 0 aliphatic carbocycles. The SMILES string of the molecule is CS(=O)(=O)C1CCN(C(=O)c2ccc(OC(F)(F)F)cc2)CC1. The minimum absolute atomic E-state index is 0.234. The van der Waals surface area contributed by atoms with Crippen molar-refractivity contribution in [1.29, 1.82) is 0 Å². The molecule has 1 aromatic carbocycles. The molecule has 23 heavy (non-hydrogen) atoms. The van der Waals surface area contributed by atoms with Gasteiger partial charge in [-0.1, -0.05) is 0 Å². The summed E-state index contributed by atoms with van der Waals surface area (Å²) in [4.78, 5) is 13.8. The highest BCUT2D eigenvalue weighted by molar-refractivity contribution is 7.91. The molecule has 2 rings (SSSR count). The fourth-order valence-electron chi connectivity index (χ4n) is 2.47. The van der Waals surface area contributed by atoms with Gasteiger partial charge in [0.2, 0.25) is 0 Å². The predicted molar refractivity (Wildman–Crippen MR) is 76.9 cm³/mol. The number of piperidine rings is 1. The molecule has 5 nitrogen and oxygen atoms in total. The lowest BCUT2D eigenvalue weighted by molar-refractivity contribution is -0.274. The number of nitrogens with zero attached hydrogens (tertiary/aromatic N) is 1. The molecule has 1 aliphatic heterocycles. The Morgan fingerprint density at radius 1 is 1.17 bits per heavy atom. The topological polar surface area (TPSA) is 63.7 Å². The molecule has 0 aromatic heterocycles. The average Bonchev–Trinajstić information content (AvgIpc) is 2.45. The summed E-state index contributed by atoms with van der Waals surface area (Å²) < 4.78 is 62.9. The highest BCUT2D eigenvalue weighted by atomic mass is 32.2. The van der Waals surface area contributed by atoms with Crippen molar-refractivity contribution in [1.82, 2.24) is 4.90 Å². The second-order valence-electron chi connectivity index (χ2n) is 5.39. The van der Waals surface area contributed by atoms with Gasteiger partial charge in [0.25, 0.3) is 5.91 Å². The first-order valence-corrected chi connectivity index (χ1v) is 8.86. The molecular weight excluding hydrogens is 335 g/mol. The number of halogens is 3. The van der Waals surface area contributed by atoms with Crippen molar-refractivity contribution >= 4 is 15.7 Å². The van der Waals surface area contributed by atoms with Crippen molar-refractivity contribution in [2.24, 2.45) is 0 Å². The van der Waals surface area contributed by atoms with Gasteiger partial charge in [-0.25, -0.2) is 8.42 Å². The third-order valence-electron chi connectivity index (χ3n) is 3.67. The van der Waals surface area contributed by atoms with E-state index < -0.39 is 27.2 Å². The Balaban J connectivity index is 1.99. The van der Waals surface area contributed by atoms with Crippen LogP contribution in [-0.2, 0) is 9.84 Å². The predicted octanol–water partition coefficient (Wildman–Crippen LogP) is 2.23. The molecule has 128 valence electrons. The smallest absolute Gasteiger partial charge is 0.406 e. The molecule has 0 spiro atoms. The van der Waals surface area contributed by atoms with Crippen LogP contribution in [0.2, 0.25) is 0 Å². The summed E-state index contributed by atoms with van der Waals surface area (Å²) in [5.41, 5.74) is 0.234. The molecule has 0 N–H and O–H groups in total. The Hall–Kier alpha value is -1.77. The Morgan fingerprint density at radius 2 is 1.70 bits per heavy atom. The number of rotatable bonds is 3. The van der Waals surface area contributed by atoms with Crippen LogP contribution in [0.3, 0.4) is 0 Å². The molecule has 1 aromatic rings. The van der Waals surface area contributed by atoms with Gasteiger partial charge in [0.1, 0.15) is 15.6 Å². The van der Waals surface area contributed by atoms with Crippen LogP contribution in [0.4, 0.5) is 13.2 Å². The van der Waals surface area contributed by atoms with Crippen LogP contribution in [0.25, 0.3) is 0 Å². The molecule has 1 fully saturated rings. The lowest BCUT2D eigenvalue weighted by Gasteiger charge is -2.31. The number of hydrogen-bond acceptors (Lipinski definition) is 4. The minimum Gasteiger partial charge on any atom is -0.406 e. The molecule has 9 heteroatoms. The number of alkyl halides is 3. The van der Waals surface area contributed by atoms with Gasteiger partial charge >= 0.3 is 6.36 Å². The Labute approximate surface area is 132 Å². The zero-order valence-corrected chi connectivity index (χ0v) is 13.2. The fourth-order valence-corrected chi connectivity index (χ4v) is 3.54. The second-order valence-corrected chi connectivity index (χ2v) is 7.72. The fraction of sp³-hybridized carbons (Fsp3) is 0.500. The number of sulfone groups is 1. The lowest BCUT2D eigenvalue weighted by atomic mass is 10.1. The third-order valence-corrected chi connectivity index (χ3v) is 5.35. The molecule has 1 aliphatic rings. The van der Waals surface area contributed by atoms with Crippen molar-refractivity contribution in [3.05, 3.63) is 29.8 Å². The first-order valence-electron chi connectivity index (χ1n) is 6.90. The first kappa shape index (κ1) is 17.6. The van der Waals surface area contributed by atoms with Gasteiger partial charge in [0.05, 0.1) is 5.25 Å². The molecule has 0 atom stereocenters. The van der Waals surface area contributed by atoms with E-state index in [1.807, 2.05) is 0 Å². The zero-order valence-electron chi connectivity index (χ0n) is 12.3. The zero-order chi connectivity index (χ0) is 17.3. The van der Waals surface area contributed by atoms with Gasteiger partial charge in [-0.2, -0.15) is 0 Å². The van der Waals surface area contributed by atoms with Crippen LogP contribution in [0, 0.1) is 0 Å². The van der Waals surface area contributed by atoms with E-state index in [1.54, 1.807) is 0 Å². The molecule has 1 saturated heterocycles. The van der Waals surface area contributed by atoms with E-state index in [0.717, 1.165) is 12.1 Å². The summed E-state index contributed by atoms with van der Waals surface area (Å²) in [6, 6.07) is 4.66. The number of likely N-dealkylation sites (tertiary alicyclic amines) is 1. The second kappa shape index (κ2) is 6.38. The molecule has 0 saturated carbocycles. The van der Waals surface area contributed by atoms with Gasteiger partial charge in [0, 0.05) is 24.9 Å². The lowest BCUT2D eigenvalue weighted by Crippen LogP contribution is -2.42. The van der Waals surface area contributed by atoms with E-state index in [-0.39, 0.29) is 11.5 Å². The highest BCUT2D eigenvalue weighted by Gasteiger charge is 2.31. The summed E-state index contributed by atoms with van der Waals surface area (Å²) >= 11 is 0. The van der Waals surface area contributed by atoms with Crippen LogP contribution < -0.4 is 4.74 Å². The van der Waals surface area contributed by atoms with E-state index in [9.17, 15) is 26.4 Å². The van der Waals surface area contributed by atoms with Gasteiger partial charge < -0.3 is 9.64 Å². The minimum atomic E-state index is -4.78. The molecule has 0 bridgehead atoms. The number of ether oxygens (including phenoxy) is 1. The van der Waals surface area contributed by atoms with Crippen LogP contribution in [-0.4, -0.2) is 50.2 Å². The van der Waals surface area contributed by atoms with E-state index in [4.69, 9.17) is 0 Å². The van der Waals surface area contributed by atoms with Crippen LogP contribution >= 0.6 is 0 Å². The van der Waals surface area contributed by atoms with Gasteiger partial charge in [0.15, 0.2) is 0 Å². The van der Waals surface area contributed by atoms with Crippen molar-refractivity contribution in [3.8, 4) is 5.75 Å². The van der Waals surface area contributed by atoms with E-state index in [1.165, 1.54) is 23.3 Å². The molecular formula is C14H16F3NO4S. The van der Waals surface area contributed by atoms with Crippen molar-refractivity contribution in [2.45, 2.75) is 24.5 Å². The largest absolute Gasteiger partial charge is 0.573 e. The van der Waals surface area contributed by atoms with E-state index in [0.29, 0.717) is 25.9 Å². The van der Waals surface area contributed by atoms with Gasteiger partial charge in [-0.05, 0) is 37.1 Å². The summed E-state index contributed by atoms with van der Waals surface area (Å²) in [5.74, 6) is -0.736. The Kier molecular flexibility index (Phi) is 4.88. The summed E-state index contributed by atoms with van der Waals surface area (Å²) in [6.45, 7) is 0.606. The van der Waals surface area contributed by atoms with Gasteiger partial charge in [-0.15, -0.1) is 13.2 Å². The highest BCUT2D eigenvalue weighted by Crippen LogP contribution is 2.24. The first-order chi connectivity index (χ1) is 10.6. The van der Waals surface area contributed by atoms with E-state index >= 15 is 0 Å². The molecule has 0 radical (unpaired) electrons. The summed E-state index contributed by atoms with van der Waals surface area (Å²) in [6.07, 6.45) is -2.88. The number of benzene rings is 1. The van der Waals surface area contributed by atoms with Crippen molar-refractivity contribution in [3.63, 3.8) is 0 Å². The maximum absolute atomic E-state index is 12.3. The normalized spacial score (nSPS) is 17.1. The number of hydrogen-bond donors (Lipinski definition) is 0. The van der Waals surface area contributed by atoms with Crippen molar-refractivity contribution < 1.29 is 31.1 Å². The maximum Gasteiger partial charge on any atom is 0.573 e. The molecule has 1 amide bonds. The van der Waals surface area contributed by atoms with E-state index in [2.05, 4.69) is 4.74 Å². The Morgan fingerprint density at radius 3 is 2.13 bits per heavy atom. The summed E-state index contributed by atoms with van der Waals surface area (Å²) in [7, 11) is -3.12. The third kappa shape index (κ3) is 4.85. The average molecular weight is 351 g/mol. The van der Waals surface area contributed by atoms with Gasteiger partial charge in [-0.3, -0.25) is 4.79 Å². The maximum atomic E-state index is 12.3. The quantitative estimate of drug-likeness (QED) is 0.838. The Bertz CT molecular complexity index is 662. The van der Waals surface area contributed by atoms with Crippen LogP contribution in [0.1, 0.15) is 23.2 Å². The standard InChI is InChI=1S/C14H16F3NO4S/c1-23(20,21)12-6-8-18(9-7-12)13(19)10-2-4-11(5-3-10)22-14(15,16)17/h2-5,12H,6-9H2,1H3. The molecule has 1 heterocycles. The number of amides is 1.